The maximum atomic E-state index is 6.22. The van der Waals surface area contributed by atoms with E-state index in [0.717, 1.165) is 30.9 Å². The number of quaternary nitrogens is 2. The molecule has 0 aromatic heterocycles. The Hall–Kier alpha value is -1.03. The van der Waals surface area contributed by atoms with Crippen LogP contribution in [0.5, 0.6) is 5.75 Å². The van der Waals surface area contributed by atoms with Crippen molar-refractivity contribution in [3.8, 4) is 5.75 Å². The number of halogens is 1. The molecule has 3 nitrogen and oxygen atoms in total. The lowest BCUT2D eigenvalue weighted by molar-refractivity contribution is -0.946. The smallest absolute Gasteiger partial charge is 0.141 e. The van der Waals surface area contributed by atoms with E-state index in [1.807, 2.05) is 24.3 Å². The van der Waals surface area contributed by atoms with Crippen LogP contribution in [0.2, 0.25) is 5.02 Å². The van der Waals surface area contributed by atoms with Gasteiger partial charge >= 0.3 is 0 Å². The van der Waals surface area contributed by atoms with Gasteiger partial charge in [0.2, 0.25) is 0 Å². The highest BCUT2D eigenvalue weighted by molar-refractivity contribution is 6.32. The first-order valence-corrected chi connectivity index (χ1v) is 7.35. The van der Waals surface area contributed by atoms with Crippen molar-refractivity contribution in [1.29, 1.82) is 0 Å². The third-order valence-corrected chi connectivity index (χ3v) is 3.82. The van der Waals surface area contributed by atoms with Crippen molar-refractivity contribution in [2.24, 2.45) is 0 Å². The molecule has 3 N–H and O–H groups in total. The van der Waals surface area contributed by atoms with Gasteiger partial charge in [0.25, 0.3) is 0 Å². The van der Waals surface area contributed by atoms with Crippen LogP contribution in [0.3, 0.4) is 0 Å². The Morgan fingerprint density at radius 3 is 2.89 bits per heavy atom. The average molecular weight is 283 g/mol. The van der Waals surface area contributed by atoms with Crippen molar-refractivity contribution in [2.75, 3.05) is 39.3 Å². The summed E-state index contributed by atoms with van der Waals surface area (Å²) in [5.41, 5.74) is 1.12. The second kappa shape index (κ2) is 7.53. The van der Waals surface area contributed by atoms with Crippen molar-refractivity contribution >= 4 is 11.6 Å². The fourth-order valence-electron chi connectivity index (χ4n) is 2.46. The molecule has 1 aromatic rings. The van der Waals surface area contributed by atoms with Crippen LogP contribution >= 0.6 is 11.6 Å². The van der Waals surface area contributed by atoms with Crippen LogP contribution in [0.25, 0.3) is 0 Å². The van der Waals surface area contributed by atoms with Gasteiger partial charge in [0.15, 0.2) is 0 Å². The molecule has 19 heavy (non-hydrogen) atoms. The molecule has 0 unspecified atom stereocenters. The fourth-order valence-corrected chi connectivity index (χ4v) is 2.71. The SMILES string of the molecule is C=CCc1cccc(Cl)c1OCC[NH+]1CC[NH2+]CC1. The molecule has 1 aliphatic rings. The number of para-hydroxylation sites is 1. The molecule has 4 heteroatoms. The summed E-state index contributed by atoms with van der Waals surface area (Å²) in [5.74, 6) is 0.826. The molecule has 0 bridgehead atoms. The first-order chi connectivity index (χ1) is 9.31. The molecular formula is C15H23ClN2O+2. The van der Waals surface area contributed by atoms with Gasteiger partial charge in [-0.05, 0) is 18.1 Å². The number of rotatable bonds is 6. The summed E-state index contributed by atoms with van der Waals surface area (Å²) < 4.78 is 5.91. The lowest BCUT2D eigenvalue weighted by atomic mass is 10.1. The molecule has 104 valence electrons. The summed E-state index contributed by atoms with van der Waals surface area (Å²) in [5, 5.41) is 3.07. The Labute approximate surface area is 120 Å². The van der Waals surface area contributed by atoms with Gasteiger partial charge < -0.3 is 15.0 Å². The van der Waals surface area contributed by atoms with E-state index in [1.165, 1.54) is 26.2 Å². The van der Waals surface area contributed by atoms with Crippen LogP contribution in [0.4, 0.5) is 0 Å². The number of hydrogen-bond donors (Lipinski definition) is 2. The number of ether oxygens (including phenoxy) is 1. The molecule has 0 atom stereocenters. The Bertz CT molecular complexity index is 417. The first-order valence-electron chi connectivity index (χ1n) is 6.97. The lowest BCUT2D eigenvalue weighted by Crippen LogP contribution is -3.20. The van der Waals surface area contributed by atoms with E-state index in [2.05, 4.69) is 11.9 Å². The van der Waals surface area contributed by atoms with E-state index in [4.69, 9.17) is 16.3 Å². The minimum absolute atomic E-state index is 0.696. The number of benzene rings is 1. The molecule has 1 saturated heterocycles. The summed E-state index contributed by atoms with van der Waals surface area (Å²) >= 11 is 6.22. The normalized spacial score (nSPS) is 16.3. The molecule has 1 fully saturated rings. The Kier molecular flexibility index (Phi) is 5.70. The molecule has 2 rings (SSSR count). The van der Waals surface area contributed by atoms with E-state index < -0.39 is 0 Å². The molecule has 0 spiro atoms. The van der Waals surface area contributed by atoms with Gasteiger partial charge in [-0.2, -0.15) is 0 Å². The number of nitrogens with one attached hydrogen (secondary N) is 1. The van der Waals surface area contributed by atoms with Crippen LogP contribution in [-0.2, 0) is 6.42 Å². The minimum Gasteiger partial charge on any atom is -0.486 e. The predicted molar refractivity (Wildman–Crippen MR) is 78.1 cm³/mol. The summed E-state index contributed by atoms with van der Waals surface area (Å²) in [6.45, 7) is 10.5. The number of piperazine rings is 1. The monoisotopic (exact) mass is 282 g/mol. The van der Waals surface area contributed by atoms with Crippen LogP contribution < -0.4 is 15.0 Å². The zero-order chi connectivity index (χ0) is 13.5. The van der Waals surface area contributed by atoms with E-state index in [0.29, 0.717) is 5.02 Å². The van der Waals surface area contributed by atoms with Crippen molar-refractivity contribution in [2.45, 2.75) is 6.42 Å². The maximum absolute atomic E-state index is 6.22. The molecule has 0 radical (unpaired) electrons. The Balaban J connectivity index is 1.89. The standard InChI is InChI=1S/C15H21ClN2O/c1-2-4-13-5-3-6-14(16)15(13)19-12-11-18-9-7-17-8-10-18/h2-3,5-6,17H,1,4,7-12H2/p+2. The van der Waals surface area contributed by atoms with E-state index >= 15 is 0 Å². The number of nitrogens with two attached hydrogens (primary N) is 1. The van der Waals surface area contributed by atoms with Crippen LogP contribution in [0.1, 0.15) is 5.56 Å². The number of allylic oxidation sites excluding steroid dienone is 1. The highest BCUT2D eigenvalue weighted by Gasteiger charge is 2.15. The van der Waals surface area contributed by atoms with Gasteiger partial charge in [-0.3, -0.25) is 0 Å². The largest absolute Gasteiger partial charge is 0.486 e. The molecule has 0 saturated carbocycles. The van der Waals surface area contributed by atoms with Gasteiger partial charge in [-0.25, -0.2) is 0 Å². The molecule has 1 heterocycles. The highest BCUT2D eigenvalue weighted by atomic mass is 35.5. The minimum atomic E-state index is 0.696. The average Bonchev–Trinajstić information content (AvgIpc) is 2.43. The molecule has 1 aromatic carbocycles. The van der Waals surface area contributed by atoms with Crippen LogP contribution in [-0.4, -0.2) is 39.3 Å². The summed E-state index contributed by atoms with van der Waals surface area (Å²) in [7, 11) is 0. The van der Waals surface area contributed by atoms with Gasteiger partial charge in [0.05, 0.1) is 5.02 Å². The van der Waals surface area contributed by atoms with E-state index in [1.54, 1.807) is 4.90 Å². The first kappa shape index (κ1) is 14.4. The van der Waals surface area contributed by atoms with Gasteiger partial charge in [-0.15, -0.1) is 6.58 Å². The van der Waals surface area contributed by atoms with Crippen LogP contribution in [0.15, 0.2) is 30.9 Å². The van der Waals surface area contributed by atoms with Gasteiger partial charge in [-0.1, -0.05) is 29.8 Å². The third-order valence-electron chi connectivity index (χ3n) is 3.52. The number of hydrogen-bond acceptors (Lipinski definition) is 1. The van der Waals surface area contributed by atoms with Gasteiger partial charge in [0.1, 0.15) is 45.1 Å². The van der Waals surface area contributed by atoms with E-state index in [-0.39, 0.29) is 0 Å². The zero-order valence-electron chi connectivity index (χ0n) is 11.3. The van der Waals surface area contributed by atoms with Crippen molar-refractivity contribution < 1.29 is 15.0 Å². The molecular weight excluding hydrogens is 260 g/mol. The second-order valence-electron chi connectivity index (χ2n) is 4.94. The third kappa shape index (κ3) is 4.23. The van der Waals surface area contributed by atoms with E-state index in [9.17, 15) is 0 Å². The maximum Gasteiger partial charge on any atom is 0.141 e. The van der Waals surface area contributed by atoms with Gasteiger partial charge in [0, 0.05) is 0 Å². The van der Waals surface area contributed by atoms with Crippen LogP contribution in [0, 0.1) is 0 Å². The fraction of sp³-hybridized carbons (Fsp3) is 0.467. The lowest BCUT2D eigenvalue weighted by Gasteiger charge is -2.22. The quantitative estimate of drug-likeness (QED) is 0.702. The second-order valence-corrected chi connectivity index (χ2v) is 5.34. The zero-order valence-corrected chi connectivity index (χ0v) is 12.1. The summed E-state index contributed by atoms with van der Waals surface area (Å²) in [6, 6.07) is 5.89. The Morgan fingerprint density at radius 2 is 2.16 bits per heavy atom. The summed E-state index contributed by atoms with van der Waals surface area (Å²) in [4.78, 5) is 1.62. The topological polar surface area (TPSA) is 30.3 Å². The van der Waals surface area contributed by atoms with Crippen molar-refractivity contribution in [3.63, 3.8) is 0 Å². The molecule has 0 amide bonds. The van der Waals surface area contributed by atoms with Crippen molar-refractivity contribution in [3.05, 3.63) is 41.4 Å². The molecule has 1 aliphatic heterocycles. The Morgan fingerprint density at radius 1 is 1.37 bits per heavy atom. The van der Waals surface area contributed by atoms with Crippen molar-refractivity contribution in [1.82, 2.24) is 0 Å². The predicted octanol–water partition coefficient (Wildman–Crippen LogP) is -0.0908. The summed E-state index contributed by atoms with van der Waals surface area (Å²) in [6.07, 6.45) is 2.67. The highest BCUT2D eigenvalue weighted by Crippen LogP contribution is 2.28. The molecule has 0 aliphatic carbocycles.